The SMILES string of the molecule is CCOC(=O)N1CCC(CCn2ncc(C(=O)NC3C4CC5CC(C4)CC3C5)c2OCC(F)(F)F)CC1. The lowest BCUT2D eigenvalue weighted by Crippen LogP contribution is -2.55. The van der Waals surface area contributed by atoms with Gasteiger partial charge in [0.2, 0.25) is 5.88 Å². The van der Waals surface area contributed by atoms with Crippen molar-refractivity contribution in [3.63, 3.8) is 0 Å². The number of piperidine rings is 1. The average Bonchev–Trinajstić information content (AvgIpc) is 3.26. The molecule has 4 aliphatic carbocycles. The highest BCUT2D eigenvalue weighted by molar-refractivity contribution is 5.96. The minimum atomic E-state index is -4.52. The van der Waals surface area contributed by atoms with Gasteiger partial charge in [0, 0.05) is 25.7 Å². The number of aromatic nitrogens is 2. The zero-order chi connectivity index (χ0) is 26.2. The fourth-order valence-electron chi connectivity index (χ4n) is 7.31. The molecule has 1 aromatic heterocycles. The number of ether oxygens (including phenoxy) is 2. The number of nitrogens with one attached hydrogen (secondary N) is 1. The third-order valence-electron chi connectivity index (χ3n) is 8.82. The summed E-state index contributed by atoms with van der Waals surface area (Å²) in [6.45, 7) is 2.12. The first-order valence-corrected chi connectivity index (χ1v) is 13.7. The summed E-state index contributed by atoms with van der Waals surface area (Å²) >= 11 is 0. The smallest absolute Gasteiger partial charge is 0.422 e. The summed E-state index contributed by atoms with van der Waals surface area (Å²) in [4.78, 5) is 26.9. The number of alkyl halides is 3. The second-order valence-electron chi connectivity index (χ2n) is 11.3. The van der Waals surface area contributed by atoms with Gasteiger partial charge in [0.25, 0.3) is 5.91 Å². The summed E-state index contributed by atoms with van der Waals surface area (Å²) in [5, 5.41) is 7.41. The lowest BCUT2D eigenvalue weighted by atomic mass is 9.54. The molecule has 4 bridgehead atoms. The first-order chi connectivity index (χ1) is 17.7. The van der Waals surface area contributed by atoms with Crippen LogP contribution in [0.25, 0.3) is 0 Å². The van der Waals surface area contributed by atoms with Gasteiger partial charge in [-0.3, -0.25) is 4.79 Å². The van der Waals surface area contributed by atoms with Crippen molar-refractivity contribution in [2.75, 3.05) is 26.3 Å². The van der Waals surface area contributed by atoms with Crippen molar-refractivity contribution in [1.82, 2.24) is 20.0 Å². The van der Waals surface area contributed by atoms with Crippen LogP contribution in [0.1, 0.15) is 68.6 Å². The zero-order valence-electron chi connectivity index (χ0n) is 21.3. The van der Waals surface area contributed by atoms with E-state index in [0.29, 0.717) is 44.5 Å². The van der Waals surface area contributed by atoms with E-state index in [2.05, 4.69) is 10.4 Å². The Kier molecular flexibility index (Phi) is 7.58. The third-order valence-corrected chi connectivity index (χ3v) is 8.82. The molecule has 0 atom stereocenters. The van der Waals surface area contributed by atoms with Crippen LogP contribution in [0.15, 0.2) is 6.20 Å². The van der Waals surface area contributed by atoms with Crippen LogP contribution in [0.2, 0.25) is 0 Å². The number of halogens is 3. The van der Waals surface area contributed by atoms with E-state index in [1.165, 1.54) is 17.3 Å². The number of hydrogen-bond acceptors (Lipinski definition) is 5. The van der Waals surface area contributed by atoms with Crippen molar-refractivity contribution in [2.24, 2.45) is 29.6 Å². The third kappa shape index (κ3) is 6.00. The molecule has 0 aromatic carbocycles. The van der Waals surface area contributed by atoms with E-state index in [0.717, 1.165) is 50.4 Å². The maximum Gasteiger partial charge on any atom is 0.422 e. The number of rotatable bonds is 8. The van der Waals surface area contributed by atoms with Crippen LogP contribution in [0.3, 0.4) is 0 Å². The Hall–Kier alpha value is -2.46. The van der Waals surface area contributed by atoms with Crippen LogP contribution in [0, 0.1) is 29.6 Å². The van der Waals surface area contributed by atoms with Crippen LogP contribution in [0.5, 0.6) is 5.88 Å². The van der Waals surface area contributed by atoms with Gasteiger partial charge in [0.1, 0.15) is 5.56 Å². The summed E-state index contributed by atoms with van der Waals surface area (Å²) in [5.41, 5.74) is 0.0650. The van der Waals surface area contributed by atoms with Gasteiger partial charge in [-0.15, -0.1) is 0 Å². The highest BCUT2D eigenvalue weighted by Gasteiger charge is 2.49. The van der Waals surface area contributed by atoms with Crippen LogP contribution >= 0.6 is 0 Å². The Morgan fingerprint density at radius 3 is 2.32 bits per heavy atom. The fraction of sp³-hybridized carbons (Fsp3) is 0.808. The summed E-state index contributed by atoms with van der Waals surface area (Å²) < 4.78 is 50.7. The van der Waals surface area contributed by atoms with E-state index in [1.807, 2.05) is 0 Å². The largest absolute Gasteiger partial charge is 0.468 e. The molecule has 8 nitrogen and oxygen atoms in total. The van der Waals surface area contributed by atoms with Gasteiger partial charge in [-0.25, -0.2) is 9.48 Å². The molecular weight excluding hydrogens is 489 g/mol. The lowest BCUT2D eigenvalue weighted by molar-refractivity contribution is -0.154. The number of carbonyl (C=O) groups is 2. The maximum absolute atomic E-state index is 13.3. The lowest BCUT2D eigenvalue weighted by Gasteiger charge is -2.54. The van der Waals surface area contributed by atoms with Crippen molar-refractivity contribution in [3.8, 4) is 5.88 Å². The van der Waals surface area contributed by atoms with E-state index in [1.54, 1.807) is 11.8 Å². The van der Waals surface area contributed by atoms with Gasteiger partial charge in [0.15, 0.2) is 6.61 Å². The molecule has 0 unspecified atom stereocenters. The van der Waals surface area contributed by atoms with Gasteiger partial charge in [0.05, 0.1) is 12.8 Å². The van der Waals surface area contributed by atoms with Gasteiger partial charge < -0.3 is 19.7 Å². The molecule has 0 spiro atoms. The molecule has 4 saturated carbocycles. The number of amides is 2. The monoisotopic (exact) mass is 526 g/mol. The van der Waals surface area contributed by atoms with Crippen molar-refractivity contribution in [1.29, 1.82) is 0 Å². The summed E-state index contributed by atoms with van der Waals surface area (Å²) in [6.07, 6.45) is 4.53. The molecule has 2 amide bonds. The Balaban J connectivity index is 1.22. The van der Waals surface area contributed by atoms with Crippen molar-refractivity contribution < 1.29 is 32.2 Å². The second-order valence-corrected chi connectivity index (χ2v) is 11.3. The van der Waals surface area contributed by atoms with Crippen molar-refractivity contribution in [2.45, 2.75) is 77.1 Å². The van der Waals surface area contributed by atoms with E-state index in [9.17, 15) is 22.8 Å². The van der Waals surface area contributed by atoms with Crippen LogP contribution in [-0.4, -0.2) is 65.2 Å². The molecule has 1 saturated heterocycles. The molecule has 5 aliphatic rings. The van der Waals surface area contributed by atoms with E-state index < -0.39 is 18.7 Å². The molecule has 206 valence electrons. The second kappa shape index (κ2) is 10.7. The Morgan fingerprint density at radius 1 is 1.08 bits per heavy atom. The Morgan fingerprint density at radius 2 is 1.73 bits per heavy atom. The first-order valence-electron chi connectivity index (χ1n) is 13.7. The molecule has 37 heavy (non-hydrogen) atoms. The number of likely N-dealkylation sites (tertiary alicyclic amines) is 1. The molecule has 6 rings (SSSR count). The average molecular weight is 527 g/mol. The minimum absolute atomic E-state index is 0.0650. The quantitative estimate of drug-likeness (QED) is 0.534. The normalized spacial score (nSPS) is 29.4. The molecular formula is C26H37F3N4O4. The maximum atomic E-state index is 13.3. The van der Waals surface area contributed by atoms with Gasteiger partial charge in [-0.1, -0.05) is 0 Å². The highest BCUT2D eigenvalue weighted by atomic mass is 19.4. The number of carbonyl (C=O) groups excluding carboxylic acids is 2. The standard InChI is InChI=1S/C26H37F3N4O4/c1-2-36-25(35)32-6-3-16(4-7-32)5-8-33-24(37-15-26(27,28)29)21(14-30-33)23(34)31-22-19-10-17-9-18(12-19)13-20(22)11-17/h14,16-20,22H,2-13,15H2,1H3,(H,31,34). The minimum Gasteiger partial charge on any atom is -0.468 e. The summed E-state index contributed by atoms with van der Waals surface area (Å²) in [6, 6.07) is 0.0729. The number of nitrogens with zero attached hydrogens (tertiary/aromatic N) is 3. The van der Waals surface area contributed by atoms with E-state index in [4.69, 9.17) is 9.47 Å². The molecule has 11 heteroatoms. The zero-order valence-corrected chi connectivity index (χ0v) is 21.3. The van der Waals surface area contributed by atoms with Crippen LogP contribution in [-0.2, 0) is 11.3 Å². The van der Waals surface area contributed by atoms with Crippen LogP contribution in [0.4, 0.5) is 18.0 Å². The summed E-state index contributed by atoms with van der Waals surface area (Å²) in [7, 11) is 0. The highest BCUT2D eigenvalue weighted by Crippen LogP contribution is 2.53. The molecule has 2 heterocycles. The van der Waals surface area contributed by atoms with Crippen LogP contribution < -0.4 is 10.1 Å². The fourth-order valence-corrected chi connectivity index (χ4v) is 7.31. The van der Waals surface area contributed by atoms with Crippen molar-refractivity contribution >= 4 is 12.0 Å². The predicted molar refractivity (Wildman–Crippen MR) is 128 cm³/mol. The molecule has 1 aromatic rings. The van der Waals surface area contributed by atoms with E-state index in [-0.39, 0.29) is 29.5 Å². The molecule has 1 aliphatic heterocycles. The Bertz CT molecular complexity index is 946. The van der Waals surface area contributed by atoms with Gasteiger partial charge in [-0.05, 0) is 87.9 Å². The molecule has 5 fully saturated rings. The molecule has 1 N–H and O–H groups in total. The van der Waals surface area contributed by atoms with E-state index >= 15 is 0 Å². The first kappa shape index (κ1) is 26.2. The van der Waals surface area contributed by atoms with Gasteiger partial charge >= 0.3 is 12.3 Å². The topological polar surface area (TPSA) is 85.7 Å². The van der Waals surface area contributed by atoms with Crippen molar-refractivity contribution in [3.05, 3.63) is 11.8 Å². The number of aryl methyl sites for hydroxylation is 1. The predicted octanol–water partition coefficient (Wildman–Crippen LogP) is 4.64. The Labute approximate surface area is 215 Å². The number of hydrogen-bond donors (Lipinski definition) is 1. The molecule has 0 radical (unpaired) electrons. The van der Waals surface area contributed by atoms with Gasteiger partial charge in [-0.2, -0.15) is 18.3 Å². The summed E-state index contributed by atoms with van der Waals surface area (Å²) in [5.74, 6) is 2.19.